The number of benzene rings is 1. The van der Waals surface area contributed by atoms with Gasteiger partial charge in [0.25, 0.3) is 0 Å². The lowest BCUT2D eigenvalue weighted by Gasteiger charge is -2.11. The van der Waals surface area contributed by atoms with E-state index < -0.39 is 0 Å². The second kappa shape index (κ2) is 6.98. The molecule has 0 bridgehead atoms. The van der Waals surface area contributed by atoms with Gasteiger partial charge in [-0.3, -0.25) is 0 Å². The van der Waals surface area contributed by atoms with E-state index in [0.29, 0.717) is 6.61 Å². The second-order valence-electron chi connectivity index (χ2n) is 4.68. The van der Waals surface area contributed by atoms with Crippen molar-refractivity contribution in [3.8, 4) is 5.75 Å². The molecule has 0 saturated heterocycles. The van der Waals surface area contributed by atoms with Crippen molar-refractivity contribution >= 4 is 11.6 Å². The molecule has 1 aliphatic rings. The summed E-state index contributed by atoms with van der Waals surface area (Å²) >= 11 is 5.95. The van der Waals surface area contributed by atoms with Crippen LogP contribution in [0.5, 0.6) is 5.75 Å². The van der Waals surface area contributed by atoms with Crippen LogP contribution in [0.25, 0.3) is 0 Å². The van der Waals surface area contributed by atoms with Crippen LogP contribution in [0, 0.1) is 0 Å². The van der Waals surface area contributed by atoms with Gasteiger partial charge in [-0.25, -0.2) is 0 Å². The molecule has 100 valence electrons. The number of nitrogens with one attached hydrogen (secondary N) is 1. The van der Waals surface area contributed by atoms with Crippen LogP contribution in [-0.2, 0) is 6.42 Å². The van der Waals surface area contributed by atoms with Crippen LogP contribution in [0.3, 0.4) is 0 Å². The summed E-state index contributed by atoms with van der Waals surface area (Å²) in [5, 5.41) is 12.8. The first kappa shape index (κ1) is 13.7. The van der Waals surface area contributed by atoms with E-state index >= 15 is 0 Å². The molecule has 1 heterocycles. The summed E-state index contributed by atoms with van der Waals surface area (Å²) < 4.78 is 5.83. The number of halogens is 1. The molecule has 0 fully saturated rings. The van der Waals surface area contributed by atoms with E-state index in [1.54, 1.807) is 0 Å². The van der Waals surface area contributed by atoms with Crippen molar-refractivity contribution in [3.63, 3.8) is 0 Å². The van der Waals surface area contributed by atoms with Crippen LogP contribution in [0.4, 0.5) is 0 Å². The summed E-state index contributed by atoms with van der Waals surface area (Å²) in [6, 6.07) is 5.79. The third-order valence-electron chi connectivity index (χ3n) is 3.15. The van der Waals surface area contributed by atoms with Crippen LogP contribution >= 0.6 is 11.6 Å². The normalized spacial score (nSPS) is 17.6. The fourth-order valence-corrected chi connectivity index (χ4v) is 2.40. The summed E-state index contributed by atoms with van der Waals surface area (Å²) in [5.41, 5.74) is 1.20. The molecule has 1 aromatic rings. The fourth-order valence-electron chi connectivity index (χ4n) is 2.20. The number of aliphatic hydroxyl groups excluding tert-OH is 1. The lowest BCUT2D eigenvalue weighted by molar-refractivity contribution is 0.227. The minimum atomic E-state index is 0.219. The molecule has 0 spiro atoms. The highest BCUT2D eigenvalue weighted by Crippen LogP contribution is 2.30. The van der Waals surface area contributed by atoms with Gasteiger partial charge in [0.2, 0.25) is 0 Å². The minimum Gasteiger partial charge on any atom is -0.488 e. The molecule has 1 aromatic carbocycles. The number of hydrogen-bond acceptors (Lipinski definition) is 3. The molecule has 3 nitrogen and oxygen atoms in total. The van der Waals surface area contributed by atoms with Crippen molar-refractivity contribution in [1.82, 2.24) is 5.32 Å². The molecule has 0 aromatic heterocycles. The Morgan fingerprint density at radius 1 is 1.33 bits per heavy atom. The highest BCUT2D eigenvalue weighted by atomic mass is 35.5. The Kier molecular flexibility index (Phi) is 5.29. The van der Waals surface area contributed by atoms with Crippen LogP contribution in [0.1, 0.15) is 24.8 Å². The van der Waals surface area contributed by atoms with Gasteiger partial charge in [-0.05, 0) is 49.6 Å². The molecular weight excluding hydrogens is 250 g/mol. The Balaban J connectivity index is 1.65. The maximum Gasteiger partial charge on any atom is 0.123 e. The molecule has 0 radical (unpaired) electrons. The first-order chi connectivity index (χ1) is 8.79. The molecular formula is C14H20ClNO2. The maximum absolute atomic E-state index is 8.67. The topological polar surface area (TPSA) is 41.5 Å². The number of hydrogen-bond donors (Lipinski definition) is 2. The summed E-state index contributed by atoms with van der Waals surface area (Å²) in [6.45, 7) is 2.14. The summed E-state index contributed by atoms with van der Waals surface area (Å²) in [6.07, 6.45) is 4.22. The Bertz CT molecular complexity index is 384. The zero-order valence-electron chi connectivity index (χ0n) is 10.5. The molecule has 2 N–H and O–H groups in total. The number of rotatable bonds is 7. The largest absolute Gasteiger partial charge is 0.488 e. The van der Waals surface area contributed by atoms with E-state index in [1.807, 2.05) is 18.2 Å². The van der Waals surface area contributed by atoms with Gasteiger partial charge in [-0.2, -0.15) is 0 Å². The van der Waals surface area contributed by atoms with E-state index in [1.165, 1.54) is 5.56 Å². The van der Waals surface area contributed by atoms with E-state index in [9.17, 15) is 0 Å². The lowest BCUT2D eigenvalue weighted by Crippen LogP contribution is -2.30. The molecule has 1 unspecified atom stereocenters. The van der Waals surface area contributed by atoms with Crippen LogP contribution < -0.4 is 10.1 Å². The van der Waals surface area contributed by atoms with Gasteiger partial charge >= 0.3 is 0 Å². The number of fused-ring (bicyclic) bond motifs is 1. The molecule has 0 aliphatic carbocycles. The standard InChI is InChI=1S/C14H20ClNO2/c15-12-4-5-14-11(8-12)9-13(18-14)10-16-6-2-1-3-7-17/h4-5,8,13,16-17H,1-3,6-7,9-10H2. The molecule has 0 amide bonds. The highest BCUT2D eigenvalue weighted by molar-refractivity contribution is 6.30. The zero-order valence-corrected chi connectivity index (χ0v) is 11.2. The minimum absolute atomic E-state index is 0.219. The SMILES string of the molecule is OCCCCCNCC1Cc2cc(Cl)ccc2O1. The van der Waals surface area contributed by atoms with Gasteiger partial charge < -0.3 is 15.2 Å². The Morgan fingerprint density at radius 3 is 3.06 bits per heavy atom. The van der Waals surface area contributed by atoms with Crippen molar-refractivity contribution in [1.29, 1.82) is 0 Å². The molecule has 2 rings (SSSR count). The third-order valence-corrected chi connectivity index (χ3v) is 3.38. The monoisotopic (exact) mass is 269 g/mol. The smallest absolute Gasteiger partial charge is 0.123 e. The maximum atomic E-state index is 8.67. The zero-order chi connectivity index (χ0) is 12.8. The summed E-state index contributed by atoms with van der Waals surface area (Å²) in [5.74, 6) is 0.964. The van der Waals surface area contributed by atoms with Crippen molar-refractivity contribution in [3.05, 3.63) is 28.8 Å². The Morgan fingerprint density at radius 2 is 2.22 bits per heavy atom. The molecule has 1 aliphatic heterocycles. The molecule has 18 heavy (non-hydrogen) atoms. The number of aliphatic hydroxyl groups is 1. The predicted octanol–water partition coefficient (Wildman–Crippen LogP) is 2.40. The van der Waals surface area contributed by atoms with E-state index in [2.05, 4.69) is 5.32 Å². The van der Waals surface area contributed by atoms with Crippen molar-refractivity contribution in [2.75, 3.05) is 19.7 Å². The number of unbranched alkanes of at least 4 members (excludes halogenated alkanes) is 2. The fraction of sp³-hybridized carbons (Fsp3) is 0.571. The third kappa shape index (κ3) is 3.87. The average molecular weight is 270 g/mol. The molecule has 1 atom stereocenters. The van der Waals surface area contributed by atoms with Gasteiger partial charge in [0.05, 0.1) is 0 Å². The van der Waals surface area contributed by atoms with Crippen LogP contribution in [0.15, 0.2) is 18.2 Å². The first-order valence-corrected chi connectivity index (χ1v) is 6.94. The van der Waals surface area contributed by atoms with Gasteiger partial charge in [0, 0.05) is 24.6 Å². The quantitative estimate of drug-likeness (QED) is 0.747. The summed E-state index contributed by atoms with van der Waals surface area (Å²) in [4.78, 5) is 0. The van der Waals surface area contributed by atoms with E-state index in [4.69, 9.17) is 21.4 Å². The first-order valence-electron chi connectivity index (χ1n) is 6.56. The Hall–Kier alpha value is -0.770. The van der Waals surface area contributed by atoms with Crippen LogP contribution in [0.2, 0.25) is 5.02 Å². The highest BCUT2D eigenvalue weighted by Gasteiger charge is 2.22. The van der Waals surface area contributed by atoms with Gasteiger partial charge in [-0.1, -0.05) is 11.6 Å². The van der Waals surface area contributed by atoms with Crippen molar-refractivity contribution < 1.29 is 9.84 Å². The lowest BCUT2D eigenvalue weighted by atomic mass is 10.1. The second-order valence-corrected chi connectivity index (χ2v) is 5.12. The summed E-state index contributed by atoms with van der Waals surface area (Å²) in [7, 11) is 0. The van der Waals surface area contributed by atoms with Gasteiger partial charge in [0.1, 0.15) is 11.9 Å². The Labute approximate surface area is 113 Å². The molecule has 4 heteroatoms. The van der Waals surface area contributed by atoms with E-state index in [0.717, 1.165) is 49.5 Å². The number of ether oxygens (including phenoxy) is 1. The average Bonchev–Trinajstić information content (AvgIpc) is 2.75. The van der Waals surface area contributed by atoms with Crippen LogP contribution in [-0.4, -0.2) is 30.9 Å². The predicted molar refractivity (Wildman–Crippen MR) is 73.4 cm³/mol. The molecule has 0 saturated carbocycles. The van der Waals surface area contributed by atoms with Gasteiger partial charge in [-0.15, -0.1) is 0 Å². The van der Waals surface area contributed by atoms with Crippen molar-refractivity contribution in [2.45, 2.75) is 31.8 Å². The van der Waals surface area contributed by atoms with Crippen molar-refractivity contribution in [2.24, 2.45) is 0 Å². The van der Waals surface area contributed by atoms with E-state index in [-0.39, 0.29) is 6.10 Å². The van der Waals surface area contributed by atoms with Gasteiger partial charge in [0.15, 0.2) is 0 Å².